The van der Waals surface area contributed by atoms with Gasteiger partial charge in [-0.2, -0.15) is 0 Å². The first-order chi connectivity index (χ1) is 8.65. The molecule has 0 aromatic heterocycles. The third kappa shape index (κ3) is 3.47. The number of nitrogens with two attached hydrogens (primary N) is 1. The molecule has 0 amide bonds. The van der Waals surface area contributed by atoms with E-state index >= 15 is 0 Å². The molecule has 1 fully saturated rings. The molecule has 0 radical (unpaired) electrons. The van der Waals surface area contributed by atoms with Crippen LogP contribution in [-0.2, 0) is 20.7 Å². The minimum absolute atomic E-state index is 0.0528. The Labute approximate surface area is 107 Å². The van der Waals surface area contributed by atoms with Gasteiger partial charge in [-0.05, 0) is 31.4 Å². The summed E-state index contributed by atoms with van der Waals surface area (Å²) >= 11 is 0. The summed E-state index contributed by atoms with van der Waals surface area (Å²) < 4.78 is 10.8. The Morgan fingerprint density at radius 3 is 2.89 bits per heavy atom. The van der Waals surface area contributed by atoms with E-state index < -0.39 is 0 Å². The third-order valence-corrected chi connectivity index (χ3v) is 3.14. The zero-order valence-corrected chi connectivity index (χ0v) is 10.6. The van der Waals surface area contributed by atoms with E-state index in [0.29, 0.717) is 12.3 Å². The molecule has 0 spiro atoms. The molecule has 1 aliphatic heterocycles. The molecule has 1 aromatic carbocycles. The number of rotatable bonds is 4. The smallest absolute Gasteiger partial charge is 0.310 e. The number of hydrogen-bond acceptors (Lipinski definition) is 4. The summed E-state index contributed by atoms with van der Waals surface area (Å²) in [4.78, 5) is 11.7. The highest BCUT2D eigenvalue weighted by Crippen LogP contribution is 2.19. The van der Waals surface area contributed by atoms with Crippen LogP contribution in [0.3, 0.4) is 0 Å². The Kier molecular flexibility index (Phi) is 4.20. The van der Waals surface area contributed by atoms with Gasteiger partial charge in [-0.15, -0.1) is 0 Å². The Bertz CT molecular complexity index is 419. The van der Waals surface area contributed by atoms with Gasteiger partial charge in [0, 0.05) is 5.69 Å². The SMILES string of the molecule is CC1CCC(COC(=O)Cc2ccccc2N)O1. The molecule has 2 unspecified atom stereocenters. The second-order valence-electron chi connectivity index (χ2n) is 4.70. The van der Waals surface area contributed by atoms with Crippen molar-refractivity contribution in [3.63, 3.8) is 0 Å². The molecule has 0 aliphatic carbocycles. The fourth-order valence-corrected chi connectivity index (χ4v) is 2.10. The van der Waals surface area contributed by atoms with Crippen molar-refractivity contribution in [1.29, 1.82) is 0 Å². The topological polar surface area (TPSA) is 61.5 Å². The summed E-state index contributed by atoms with van der Waals surface area (Å²) in [5.74, 6) is -0.254. The van der Waals surface area contributed by atoms with Gasteiger partial charge < -0.3 is 15.2 Å². The highest BCUT2D eigenvalue weighted by Gasteiger charge is 2.23. The lowest BCUT2D eigenvalue weighted by molar-refractivity contribution is -0.146. The Hall–Kier alpha value is -1.55. The molecule has 0 saturated carbocycles. The first kappa shape index (κ1) is 12.9. The molecule has 0 bridgehead atoms. The first-order valence-corrected chi connectivity index (χ1v) is 6.29. The molecule has 98 valence electrons. The largest absolute Gasteiger partial charge is 0.463 e. The van der Waals surface area contributed by atoms with Gasteiger partial charge in [0.25, 0.3) is 0 Å². The number of nitrogen functional groups attached to an aromatic ring is 1. The average molecular weight is 249 g/mol. The molecule has 1 aromatic rings. The number of carbonyl (C=O) groups is 1. The van der Waals surface area contributed by atoms with E-state index in [2.05, 4.69) is 0 Å². The van der Waals surface area contributed by atoms with E-state index in [-0.39, 0.29) is 24.6 Å². The van der Waals surface area contributed by atoms with E-state index in [9.17, 15) is 4.79 Å². The van der Waals surface area contributed by atoms with E-state index in [1.54, 1.807) is 6.07 Å². The summed E-state index contributed by atoms with van der Waals surface area (Å²) in [6.07, 6.45) is 2.54. The standard InChI is InChI=1S/C14H19NO3/c1-10-6-7-12(18-10)9-17-14(16)8-11-4-2-3-5-13(11)15/h2-5,10,12H,6-9,15H2,1H3. The van der Waals surface area contributed by atoms with E-state index in [4.69, 9.17) is 15.2 Å². The number of esters is 1. The second kappa shape index (κ2) is 5.87. The van der Waals surface area contributed by atoms with Crippen LogP contribution in [-0.4, -0.2) is 24.8 Å². The van der Waals surface area contributed by atoms with Crippen molar-refractivity contribution < 1.29 is 14.3 Å². The van der Waals surface area contributed by atoms with Crippen molar-refractivity contribution >= 4 is 11.7 Å². The number of ether oxygens (including phenoxy) is 2. The zero-order valence-electron chi connectivity index (χ0n) is 10.6. The number of para-hydroxylation sites is 1. The number of benzene rings is 1. The first-order valence-electron chi connectivity index (χ1n) is 6.29. The molecule has 2 atom stereocenters. The van der Waals surface area contributed by atoms with Crippen molar-refractivity contribution in [2.24, 2.45) is 0 Å². The lowest BCUT2D eigenvalue weighted by Gasteiger charge is -2.12. The van der Waals surface area contributed by atoms with Crippen LogP contribution in [0, 0.1) is 0 Å². The molecule has 18 heavy (non-hydrogen) atoms. The van der Waals surface area contributed by atoms with Crippen LogP contribution < -0.4 is 5.73 Å². The summed E-state index contributed by atoms with van der Waals surface area (Å²) in [5.41, 5.74) is 7.21. The predicted molar refractivity (Wildman–Crippen MR) is 69.1 cm³/mol. The van der Waals surface area contributed by atoms with Crippen LogP contribution in [0.1, 0.15) is 25.3 Å². The van der Waals surface area contributed by atoms with Crippen molar-refractivity contribution in [2.45, 2.75) is 38.4 Å². The second-order valence-corrected chi connectivity index (χ2v) is 4.70. The number of anilines is 1. The number of hydrogen-bond donors (Lipinski definition) is 1. The van der Waals surface area contributed by atoms with Crippen LogP contribution in [0.15, 0.2) is 24.3 Å². The summed E-state index contributed by atoms with van der Waals surface area (Å²) in [6, 6.07) is 7.33. The lowest BCUT2D eigenvalue weighted by Crippen LogP contribution is -2.20. The Morgan fingerprint density at radius 1 is 1.44 bits per heavy atom. The molecule has 4 heteroatoms. The van der Waals surface area contributed by atoms with Gasteiger partial charge >= 0.3 is 5.97 Å². The molecular weight excluding hydrogens is 230 g/mol. The molecule has 2 rings (SSSR count). The van der Waals surface area contributed by atoms with Gasteiger partial charge in [0.1, 0.15) is 6.61 Å². The van der Waals surface area contributed by atoms with Gasteiger partial charge in [0.05, 0.1) is 18.6 Å². The van der Waals surface area contributed by atoms with Crippen molar-refractivity contribution in [1.82, 2.24) is 0 Å². The molecule has 1 saturated heterocycles. The van der Waals surface area contributed by atoms with Gasteiger partial charge in [-0.3, -0.25) is 4.79 Å². The molecule has 2 N–H and O–H groups in total. The maximum atomic E-state index is 11.7. The minimum Gasteiger partial charge on any atom is -0.463 e. The minimum atomic E-state index is -0.254. The van der Waals surface area contributed by atoms with Gasteiger partial charge in [0.2, 0.25) is 0 Å². The fourth-order valence-electron chi connectivity index (χ4n) is 2.10. The van der Waals surface area contributed by atoms with E-state index in [1.165, 1.54) is 0 Å². The molecule has 1 heterocycles. The fraction of sp³-hybridized carbons (Fsp3) is 0.500. The summed E-state index contributed by atoms with van der Waals surface area (Å²) in [5, 5.41) is 0. The molecular formula is C14H19NO3. The molecule has 1 aliphatic rings. The Morgan fingerprint density at radius 2 is 2.22 bits per heavy atom. The number of carbonyl (C=O) groups excluding carboxylic acids is 1. The highest BCUT2D eigenvalue weighted by atomic mass is 16.6. The highest BCUT2D eigenvalue weighted by molar-refractivity contribution is 5.74. The maximum Gasteiger partial charge on any atom is 0.310 e. The summed E-state index contributed by atoms with van der Waals surface area (Å²) in [6.45, 7) is 2.38. The van der Waals surface area contributed by atoms with E-state index in [1.807, 2.05) is 25.1 Å². The van der Waals surface area contributed by atoms with Crippen LogP contribution in [0.4, 0.5) is 5.69 Å². The van der Waals surface area contributed by atoms with Crippen molar-refractivity contribution in [3.8, 4) is 0 Å². The van der Waals surface area contributed by atoms with E-state index in [0.717, 1.165) is 18.4 Å². The lowest BCUT2D eigenvalue weighted by atomic mass is 10.1. The zero-order chi connectivity index (χ0) is 13.0. The van der Waals surface area contributed by atoms with Gasteiger partial charge in [-0.25, -0.2) is 0 Å². The van der Waals surface area contributed by atoms with Crippen molar-refractivity contribution in [2.75, 3.05) is 12.3 Å². The van der Waals surface area contributed by atoms with Crippen molar-refractivity contribution in [3.05, 3.63) is 29.8 Å². The molecule has 4 nitrogen and oxygen atoms in total. The van der Waals surface area contributed by atoms with Gasteiger partial charge in [-0.1, -0.05) is 18.2 Å². The van der Waals surface area contributed by atoms with Crippen LogP contribution in [0.2, 0.25) is 0 Å². The quantitative estimate of drug-likeness (QED) is 0.654. The monoisotopic (exact) mass is 249 g/mol. The van der Waals surface area contributed by atoms with Crippen LogP contribution >= 0.6 is 0 Å². The average Bonchev–Trinajstić information content (AvgIpc) is 2.76. The van der Waals surface area contributed by atoms with Crippen LogP contribution in [0.25, 0.3) is 0 Å². The summed E-state index contributed by atoms with van der Waals surface area (Å²) in [7, 11) is 0. The predicted octanol–water partition coefficient (Wildman–Crippen LogP) is 1.92. The van der Waals surface area contributed by atoms with Gasteiger partial charge in [0.15, 0.2) is 0 Å². The third-order valence-electron chi connectivity index (χ3n) is 3.14. The van der Waals surface area contributed by atoms with Crippen LogP contribution in [0.5, 0.6) is 0 Å². The normalized spacial score (nSPS) is 22.9. The maximum absolute atomic E-state index is 11.7. The Balaban J connectivity index is 1.77.